The highest BCUT2D eigenvalue weighted by Gasteiger charge is 2.24. The largest absolute Gasteiger partial charge is 0.383 e. The molecular formula is C15H19N3O2. The normalized spacial score (nSPS) is 14.8. The molecule has 0 aliphatic heterocycles. The number of nitrogens with zero attached hydrogens (tertiary/aromatic N) is 2. The highest BCUT2D eigenvalue weighted by molar-refractivity contribution is 5.65. The van der Waals surface area contributed by atoms with E-state index in [1.807, 2.05) is 50.3 Å². The molecule has 0 spiro atoms. The Bertz CT molecular complexity index is 564. The first-order valence-corrected chi connectivity index (χ1v) is 6.58. The van der Waals surface area contributed by atoms with Gasteiger partial charge in [-0.1, -0.05) is 49.3 Å². The van der Waals surface area contributed by atoms with E-state index in [-0.39, 0.29) is 11.7 Å². The van der Waals surface area contributed by atoms with Gasteiger partial charge in [0.15, 0.2) is 0 Å². The minimum atomic E-state index is -0.919. The third-order valence-electron chi connectivity index (χ3n) is 3.07. The Morgan fingerprint density at radius 3 is 2.55 bits per heavy atom. The minimum Gasteiger partial charge on any atom is -0.383 e. The van der Waals surface area contributed by atoms with Crippen molar-refractivity contribution in [1.29, 1.82) is 0 Å². The van der Waals surface area contributed by atoms with Crippen molar-refractivity contribution < 1.29 is 9.63 Å². The Hall–Kier alpha value is -1.98. The molecule has 2 rings (SSSR count). The van der Waals surface area contributed by atoms with Crippen molar-refractivity contribution in [3.63, 3.8) is 0 Å². The second-order valence-corrected chi connectivity index (χ2v) is 5.00. The number of aliphatic hydroxyl groups is 1. The van der Waals surface area contributed by atoms with E-state index in [0.717, 1.165) is 5.56 Å². The van der Waals surface area contributed by atoms with E-state index < -0.39 is 12.1 Å². The van der Waals surface area contributed by atoms with Crippen LogP contribution < -0.4 is 5.73 Å². The molecule has 0 saturated heterocycles. The van der Waals surface area contributed by atoms with Crippen molar-refractivity contribution in [1.82, 2.24) is 10.1 Å². The van der Waals surface area contributed by atoms with Gasteiger partial charge in [-0.25, -0.2) is 0 Å². The summed E-state index contributed by atoms with van der Waals surface area (Å²) < 4.78 is 5.07. The summed E-state index contributed by atoms with van der Waals surface area (Å²) in [5.41, 5.74) is 6.91. The van der Waals surface area contributed by atoms with Gasteiger partial charge in [0.2, 0.25) is 5.82 Å². The predicted octanol–water partition coefficient (Wildman–Crippen LogP) is 2.26. The lowest BCUT2D eigenvalue weighted by Crippen LogP contribution is -2.34. The lowest BCUT2D eigenvalue weighted by molar-refractivity contribution is 0.114. The van der Waals surface area contributed by atoms with Crippen LogP contribution in [0.15, 0.2) is 34.9 Å². The standard InChI is InChI=1S/C15H19N3O2/c1-10(2)13(16)14(19)15-17-12(20-18-15)9-8-11-6-4-3-5-7-11/h3-10,13-14,19H,16H2,1-2H3/b9-8+/t13-,14?/m0/s1. The summed E-state index contributed by atoms with van der Waals surface area (Å²) in [6.07, 6.45) is 2.66. The molecule has 1 heterocycles. The third-order valence-corrected chi connectivity index (χ3v) is 3.07. The van der Waals surface area contributed by atoms with Gasteiger partial charge >= 0.3 is 0 Å². The van der Waals surface area contributed by atoms with Gasteiger partial charge in [0.25, 0.3) is 5.89 Å². The van der Waals surface area contributed by atoms with E-state index in [1.54, 1.807) is 6.08 Å². The molecule has 5 nitrogen and oxygen atoms in total. The molecule has 0 fully saturated rings. The summed E-state index contributed by atoms with van der Waals surface area (Å²) in [5, 5.41) is 13.8. The zero-order chi connectivity index (χ0) is 14.5. The predicted molar refractivity (Wildman–Crippen MR) is 77.4 cm³/mol. The maximum Gasteiger partial charge on any atom is 0.250 e. The van der Waals surface area contributed by atoms with Crippen molar-refractivity contribution in [3.05, 3.63) is 47.6 Å². The van der Waals surface area contributed by atoms with E-state index >= 15 is 0 Å². The van der Waals surface area contributed by atoms with Crippen LogP contribution in [0.25, 0.3) is 12.2 Å². The third kappa shape index (κ3) is 3.53. The summed E-state index contributed by atoms with van der Waals surface area (Å²) in [7, 11) is 0. The highest BCUT2D eigenvalue weighted by atomic mass is 16.5. The lowest BCUT2D eigenvalue weighted by atomic mass is 9.99. The maximum absolute atomic E-state index is 10.0. The molecule has 2 atom stereocenters. The Kier molecular flexibility index (Phi) is 4.65. The molecule has 3 N–H and O–H groups in total. The van der Waals surface area contributed by atoms with Crippen LogP contribution in [-0.2, 0) is 0 Å². The van der Waals surface area contributed by atoms with Gasteiger partial charge in [-0.15, -0.1) is 0 Å². The Balaban J connectivity index is 2.08. The topological polar surface area (TPSA) is 85.2 Å². The van der Waals surface area contributed by atoms with Crippen LogP contribution in [0, 0.1) is 5.92 Å². The van der Waals surface area contributed by atoms with Gasteiger partial charge in [-0.05, 0) is 17.6 Å². The molecule has 0 aliphatic carbocycles. The molecule has 0 aliphatic rings. The second-order valence-electron chi connectivity index (χ2n) is 5.00. The highest BCUT2D eigenvalue weighted by Crippen LogP contribution is 2.18. The van der Waals surface area contributed by atoms with Gasteiger partial charge in [0.05, 0.1) is 0 Å². The lowest BCUT2D eigenvalue weighted by Gasteiger charge is -2.18. The zero-order valence-corrected chi connectivity index (χ0v) is 11.6. The molecule has 0 saturated carbocycles. The Morgan fingerprint density at radius 2 is 1.90 bits per heavy atom. The summed E-state index contributed by atoms with van der Waals surface area (Å²) in [4.78, 5) is 4.13. The molecular weight excluding hydrogens is 254 g/mol. The van der Waals surface area contributed by atoms with E-state index in [2.05, 4.69) is 10.1 Å². The molecule has 2 aromatic rings. The zero-order valence-electron chi connectivity index (χ0n) is 11.6. The second kappa shape index (κ2) is 6.45. The van der Waals surface area contributed by atoms with Crippen molar-refractivity contribution in [3.8, 4) is 0 Å². The first kappa shape index (κ1) is 14.4. The molecule has 106 valence electrons. The molecule has 0 amide bonds. The first-order valence-electron chi connectivity index (χ1n) is 6.58. The Labute approximate surface area is 118 Å². The number of hydrogen-bond acceptors (Lipinski definition) is 5. The fourth-order valence-corrected chi connectivity index (χ4v) is 1.70. The van der Waals surface area contributed by atoms with Gasteiger partial charge in [0, 0.05) is 12.1 Å². The summed E-state index contributed by atoms with van der Waals surface area (Å²) in [6.45, 7) is 3.87. The fraction of sp³-hybridized carbons (Fsp3) is 0.333. The quantitative estimate of drug-likeness (QED) is 0.872. The molecule has 0 bridgehead atoms. The van der Waals surface area contributed by atoms with Crippen LogP contribution in [0.1, 0.15) is 37.2 Å². The van der Waals surface area contributed by atoms with Crippen LogP contribution in [0.3, 0.4) is 0 Å². The molecule has 1 unspecified atom stereocenters. The molecule has 20 heavy (non-hydrogen) atoms. The van der Waals surface area contributed by atoms with Crippen LogP contribution in [-0.4, -0.2) is 21.3 Å². The summed E-state index contributed by atoms with van der Waals surface area (Å²) >= 11 is 0. The van der Waals surface area contributed by atoms with Crippen LogP contribution in [0.5, 0.6) is 0 Å². The van der Waals surface area contributed by atoms with Gasteiger partial charge < -0.3 is 15.4 Å². The van der Waals surface area contributed by atoms with Gasteiger partial charge in [-0.3, -0.25) is 0 Å². The fourth-order valence-electron chi connectivity index (χ4n) is 1.70. The number of aliphatic hydroxyl groups excluding tert-OH is 1. The Morgan fingerprint density at radius 1 is 1.20 bits per heavy atom. The SMILES string of the molecule is CC(C)[C@H](N)C(O)c1noc(/C=C/c2ccccc2)n1. The maximum atomic E-state index is 10.0. The number of nitrogens with two attached hydrogens (primary N) is 1. The number of aromatic nitrogens is 2. The van der Waals surface area contributed by atoms with E-state index in [4.69, 9.17) is 10.3 Å². The van der Waals surface area contributed by atoms with Crippen LogP contribution in [0.2, 0.25) is 0 Å². The average Bonchev–Trinajstić information content (AvgIpc) is 2.93. The monoisotopic (exact) mass is 273 g/mol. The van der Waals surface area contributed by atoms with Crippen LogP contribution >= 0.6 is 0 Å². The smallest absolute Gasteiger partial charge is 0.250 e. The van der Waals surface area contributed by atoms with E-state index in [0.29, 0.717) is 5.89 Å². The molecule has 5 heteroatoms. The summed E-state index contributed by atoms with van der Waals surface area (Å²) in [5.74, 6) is 0.699. The van der Waals surface area contributed by atoms with Crippen molar-refractivity contribution in [2.45, 2.75) is 26.0 Å². The van der Waals surface area contributed by atoms with Crippen molar-refractivity contribution >= 4 is 12.2 Å². The first-order chi connectivity index (χ1) is 9.58. The van der Waals surface area contributed by atoms with Crippen molar-refractivity contribution in [2.24, 2.45) is 11.7 Å². The summed E-state index contributed by atoms with van der Waals surface area (Å²) in [6, 6.07) is 9.37. The average molecular weight is 273 g/mol. The number of benzene rings is 1. The molecule has 0 radical (unpaired) electrons. The minimum absolute atomic E-state index is 0.131. The molecule has 1 aromatic heterocycles. The van der Waals surface area contributed by atoms with Crippen LogP contribution in [0.4, 0.5) is 0 Å². The number of rotatable bonds is 5. The van der Waals surface area contributed by atoms with E-state index in [9.17, 15) is 5.11 Å². The van der Waals surface area contributed by atoms with Gasteiger partial charge in [0.1, 0.15) is 6.10 Å². The van der Waals surface area contributed by atoms with E-state index in [1.165, 1.54) is 0 Å². The molecule has 1 aromatic carbocycles. The number of hydrogen-bond donors (Lipinski definition) is 2. The van der Waals surface area contributed by atoms with Gasteiger partial charge in [-0.2, -0.15) is 4.98 Å². The van der Waals surface area contributed by atoms with Crippen molar-refractivity contribution in [2.75, 3.05) is 0 Å².